The molecule has 14 aromatic carbocycles. The minimum absolute atomic E-state index is 0.581. The van der Waals surface area contributed by atoms with E-state index in [4.69, 9.17) is 0 Å². The molecule has 0 atom stereocenters. The van der Waals surface area contributed by atoms with E-state index in [1.807, 2.05) is 0 Å². The summed E-state index contributed by atoms with van der Waals surface area (Å²) in [5, 5.41) is 2.30. The van der Waals surface area contributed by atoms with Crippen LogP contribution in [0.1, 0.15) is 44.5 Å². The molecule has 4 heteroatoms. The quantitative estimate of drug-likeness (QED) is 0.150. The normalized spacial score (nSPS) is 14.2. The highest BCUT2D eigenvalue weighted by atomic mass is 15.3. The topological polar surface area (TPSA) is 13.0 Å². The molecule has 0 aromatic heterocycles. The van der Waals surface area contributed by atoms with Crippen LogP contribution in [0.25, 0.3) is 33.0 Å². The first-order valence-corrected chi connectivity index (χ1v) is 30.5. The Morgan fingerprint density at radius 1 is 0.170 bits per heavy atom. The van der Waals surface area contributed by atoms with Crippen molar-refractivity contribution in [1.82, 2.24) is 0 Å². The monoisotopic (exact) mass is 1120 g/mol. The summed E-state index contributed by atoms with van der Waals surface area (Å²) in [4.78, 5) is 9.96. The van der Waals surface area contributed by atoms with Crippen molar-refractivity contribution in [3.05, 3.63) is 384 Å². The van der Waals surface area contributed by atoms with Gasteiger partial charge in [0.1, 0.15) is 0 Å². The molecule has 14 aromatic rings. The number of rotatable bonds is 8. The Bertz CT molecular complexity index is 4650. The standard InChI is InChI=1S/C84H56N4/c1-7-27-59(28-8-1)83(60-29-9-2-10-30-60)71-41-21-19-39-67(71)69-53-79-81(55-73(69)83)87(77-45-25-23-43-75(77)85(79)63-35-15-5-16-36-63)65-49-47-58-52-66(50-48-57(58)51-65)88-78-46-26-24-44-76(78)86(64-37-17-6-18-38-64)80-54-70-68-40-20-22-42-72(68)84(74(70)56-82(80)88,61-31-11-3-12-32-61)62-33-13-4-14-34-62/h1-56H. The maximum absolute atomic E-state index is 2.52. The zero-order chi connectivity index (χ0) is 57.9. The molecule has 0 saturated carbocycles. The van der Waals surface area contributed by atoms with Crippen molar-refractivity contribution in [1.29, 1.82) is 0 Å². The van der Waals surface area contributed by atoms with Gasteiger partial charge in [0.25, 0.3) is 0 Å². The van der Waals surface area contributed by atoms with Crippen molar-refractivity contribution in [2.45, 2.75) is 10.8 Å². The van der Waals surface area contributed by atoms with Gasteiger partial charge in [-0.25, -0.2) is 0 Å². The smallest absolute Gasteiger partial charge is 0.0714 e. The lowest BCUT2D eigenvalue weighted by molar-refractivity contribution is 0.768. The third-order valence-corrected chi connectivity index (χ3v) is 19.2. The van der Waals surface area contributed by atoms with Gasteiger partial charge in [0, 0.05) is 22.7 Å². The lowest BCUT2D eigenvalue weighted by Gasteiger charge is -2.42. The number of fused-ring (bicyclic) bond motifs is 11. The summed E-state index contributed by atoms with van der Waals surface area (Å²) in [5.74, 6) is 0. The van der Waals surface area contributed by atoms with Gasteiger partial charge in [0.15, 0.2) is 0 Å². The molecule has 2 heterocycles. The van der Waals surface area contributed by atoms with E-state index in [-0.39, 0.29) is 0 Å². The first-order valence-electron chi connectivity index (χ1n) is 30.5. The molecular formula is C84H56N4. The van der Waals surface area contributed by atoms with Gasteiger partial charge in [-0.2, -0.15) is 0 Å². The van der Waals surface area contributed by atoms with Gasteiger partial charge in [-0.05, 0) is 175 Å². The van der Waals surface area contributed by atoms with Crippen LogP contribution in [0.4, 0.5) is 68.2 Å². The van der Waals surface area contributed by atoms with Gasteiger partial charge >= 0.3 is 0 Å². The van der Waals surface area contributed by atoms with E-state index in [0.717, 1.165) is 79.0 Å². The molecule has 88 heavy (non-hydrogen) atoms. The van der Waals surface area contributed by atoms with E-state index in [1.54, 1.807) is 0 Å². The zero-order valence-corrected chi connectivity index (χ0v) is 48.1. The first-order chi connectivity index (χ1) is 43.7. The second-order valence-electron chi connectivity index (χ2n) is 23.5. The molecule has 18 rings (SSSR count). The van der Waals surface area contributed by atoms with Gasteiger partial charge in [-0.3, -0.25) is 0 Å². The number of anilines is 12. The molecule has 4 nitrogen and oxygen atoms in total. The Balaban J connectivity index is 0.843. The average Bonchev–Trinajstić information content (AvgIpc) is 1.50. The summed E-state index contributed by atoms with van der Waals surface area (Å²) in [6.07, 6.45) is 0. The fraction of sp³-hybridized carbons (Fsp3) is 0.0238. The molecule has 2 aliphatic carbocycles. The van der Waals surface area contributed by atoms with Gasteiger partial charge < -0.3 is 19.6 Å². The first kappa shape index (κ1) is 49.9. The van der Waals surface area contributed by atoms with Crippen LogP contribution in [0, 0.1) is 0 Å². The van der Waals surface area contributed by atoms with Crippen LogP contribution in [-0.2, 0) is 10.8 Å². The summed E-state index contributed by atoms with van der Waals surface area (Å²) >= 11 is 0. The zero-order valence-electron chi connectivity index (χ0n) is 48.1. The van der Waals surface area contributed by atoms with Gasteiger partial charge in [-0.15, -0.1) is 0 Å². The van der Waals surface area contributed by atoms with Crippen LogP contribution in [0.3, 0.4) is 0 Å². The van der Waals surface area contributed by atoms with Crippen LogP contribution in [-0.4, -0.2) is 0 Å². The molecule has 0 fully saturated rings. The molecule has 0 bridgehead atoms. The Morgan fingerprint density at radius 2 is 0.443 bits per heavy atom. The molecule has 0 unspecified atom stereocenters. The Morgan fingerprint density at radius 3 is 0.784 bits per heavy atom. The Labute approximate surface area is 513 Å². The van der Waals surface area contributed by atoms with Gasteiger partial charge in [0.2, 0.25) is 0 Å². The SMILES string of the molecule is c1ccc(N2c3ccccc3N(c3ccc4cc(N5c6ccccc6N(c6ccccc6)c6cc7c(cc65)C(c5ccccc5)(c5ccccc5)c5ccccc5-7)ccc4c3)c3cc4c(cc32)-c2ccccc2C4(c2ccccc2)c2ccccc2)cc1. The highest BCUT2D eigenvalue weighted by molar-refractivity contribution is 6.08. The van der Waals surface area contributed by atoms with Crippen molar-refractivity contribution < 1.29 is 0 Å². The lowest BCUT2D eigenvalue weighted by Crippen LogP contribution is -2.30. The van der Waals surface area contributed by atoms with Crippen LogP contribution in [0.5, 0.6) is 0 Å². The summed E-state index contributed by atoms with van der Waals surface area (Å²) in [7, 11) is 0. The van der Waals surface area contributed by atoms with Gasteiger partial charge in [0.05, 0.1) is 56.3 Å². The lowest BCUT2D eigenvalue weighted by atomic mass is 9.67. The van der Waals surface area contributed by atoms with Crippen molar-refractivity contribution in [3.8, 4) is 22.3 Å². The second-order valence-corrected chi connectivity index (χ2v) is 23.5. The molecule has 2 aliphatic heterocycles. The van der Waals surface area contributed by atoms with E-state index >= 15 is 0 Å². The molecule has 0 spiro atoms. The number of para-hydroxylation sites is 6. The molecular weight excluding hydrogens is 1060 g/mol. The third-order valence-electron chi connectivity index (χ3n) is 19.2. The summed E-state index contributed by atoms with van der Waals surface area (Å²) < 4.78 is 0. The average molecular weight is 1120 g/mol. The summed E-state index contributed by atoms with van der Waals surface area (Å²) in [6.45, 7) is 0. The maximum Gasteiger partial charge on any atom is 0.0714 e. The predicted molar refractivity (Wildman–Crippen MR) is 364 cm³/mol. The van der Waals surface area contributed by atoms with Crippen LogP contribution >= 0.6 is 0 Å². The number of hydrogen-bond donors (Lipinski definition) is 0. The Kier molecular flexibility index (Phi) is 11.1. The van der Waals surface area contributed by atoms with E-state index in [1.165, 1.54) is 66.8 Å². The van der Waals surface area contributed by atoms with Crippen LogP contribution < -0.4 is 19.6 Å². The second kappa shape index (κ2) is 19.5. The van der Waals surface area contributed by atoms with E-state index in [2.05, 4.69) is 359 Å². The minimum Gasteiger partial charge on any atom is -0.306 e. The fourth-order valence-electron chi connectivity index (χ4n) is 15.6. The summed E-state index contributed by atoms with van der Waals surface area (Å²) in [6, 6.07) is 126. The van der Waals surface area contributed by atoms with Crippen molar-refractivity contribution in [2.75, 3.05) is 19.6 Å². The molecule has 0 radical (unpaired) electrons. The highest BCUT2D eigenvalue weighted by Gasteiger charge is 2.50. The largest absolute Gasteiger partial charge is 0.306 e. The number of benzene rings is 14. The molecule has 4 aliphatic rings. The highest BCUT2D eigenvalue weighted by Crippen LogP contribution is 2.65. The molecule has 412 valence electrons. The van der Waals surface area contributed by atoms with Crippen molar-refractivity contribution in [2.24, 2.45) is 0 Å². The Hall–Kier alpha value is -11.5. The van der Waals surface area contributed by atoms with E-state index < -0.39 is 10.8 Å². The van der Waals surface area contributed by atoms with Gasteiger partial charge in [-0.1, -0.05) is 243 Å². The minimum atomic E-state index is -0.581. The van der Waals surface area contributed by atoms with E-state index in [0.29, 0.717) is 0 Å². The van der Waals surface area contributed by atoms with Crippen molar-refractivity contribution in [3.63, 3.8) is 0 Å². The maximum atomic E-state index is 2.52. The number of nitrogens with zero attached hydrogens (tertiary/aromatic N) is 4. The van der Waals surface area contributed by atoms with Crippen LogP contribution in [0.15, 0.2) is 340 Å². The summed E-state index contributed by atoms with van der Waals surface area (Å²) in [5.41, 5.74) is 27.2. The molecule has 0 amide bonds. The van der Waals surface area contributed by atoms with Crippen molar-refractivity contribution >= 4 is 79.0 Å². The van der Waals surface area contributed by atoms with E-state index in [9.17, 15) is 0 Å². The predicted octanol–water partition coefficient (Wildman–Crippen LogP) is 22.1. The molecule has 0 saturated heterocycles. The molecule has 0 N–H and O–H groups in total. The number of hydrogen-bond acceptors (Lipinski definition) is 4. The van der Waals surface area contributed by atoms with Crippen LogP contribution in [0.2, 0.25) is 0 Å². The third kappa shape index (κ3) is 7.08. The fourth-order valence-corrected chi connectivity index (χ4v) is 15.6.